The van der Waals surface area contributed by atoms with E-state index in [0.29, 0.717) is 11.5 Å². The van der Waals surface area contributed by atoms with E-state index in [1.54, 1.807) is 0 Å². The lowest BCUT2D eigenvalue weighted by Crippen LogP contribution is -2.24. The van der Waals surface area contributed by atoms with Gasteiger partial charge in [0.15, 0.2) is 0 Å². The highest BCUT2D eigenvalue weighted by atomic mass is 16.5. The molecule has 0 fully saturated rings. The summed E-state index contributed by atoms with van der Waals surface area (Å²) in [6.45, 7) is 8.15. The maximum Gasteiger partial charge on any atom is 0.251 e. The molecule has 0 bridgehead atoms. The van der Waals surface area contributed by atoms with Gasteiger partial charge < -0.3 is 10.1 Å². The van der Waals surface area contributed by atoms with Gasteiger partial charge in [0.05, 0.1) is 6.61 Å². The maximum atomic E-state index is 12.2. The van der Waals surface area contributed by atoms with Gasteiger partial charge in [-0.1, -0.05) is 104 Å². The highest BCUT2D eigenvalue weighted by Gasteiger charge is 2.05. The monoisotopic (exact) mass is 431 g/mol. The number of nitrogens with one attached hydrogen (secondary N) is 1. The maximum absolute atomic E-state index is 12.2. The molecule has 0 heterocycles. The molecule has 0 radical (unpaired) electrons. The van der Waals surface area contributed by atoms with E-state index in [-0.39, 0.29) is 5.91 Å². The predicted molar refractivity (Wildman–Crippen MR) is 134 cm³/mol. The van der Waals surface area contributed by atoms with Crippen molar-refractivity contribution in [1.82, 2.24) is 5.32 Å². The van der Waals surface area contributed by atoms with Crippen LogP contribution in [0.3, 0.4) is 0 Å². The molecule has 0 unspecified atom stereocenters. The third-order valence-corrected chi connectivity index (χ3v) is 5.90. The fourth-order valence-corrected chi connectivity index (χ4v) is 3.74. The Kier molecular flexibility index (Phi) is 17.0. The molecule has 1 amide bonds. The van der Waals surface area contributed by atoms with Crippen LogP contribution in [0.4, 0.5) is 0 Å². The van der Waals surface area contributed by atoms with E-state index in [0.717, 1.165) is 31.7 Å². The molecule has 1 rings (SSSR count). The Bertz CT molecular complexity index is 538. The van der Waals surface area contributed by atoms with Crippen LogP contribution in [-0.4, -0.2) is 19.1 Å². The molecule has 178 valence electrons. The van der Waals surface area contributed by atoms with Crippen molar-refractivity contribution in [3.8, 4) is 5.75 Å². The van der Waals surface area contributed by atoms with Gasteiger partial charge in [0, 0.05) is 12.1 Å². The molecule has 0 aliphatic carbocycles. The summed E-state index contributed by atoms with van der Waals surface area (Å²) in [5, 5.41) is 3.04. The van der Waals surface area contributed by atoms with Crippen molar-refractivity contribution in [2.24, 2.45) is 5.92 Å². The second-order valence-electron chi connectivity index (χ2n) is 9.41. The Balaban J connectivity index is 1.93. The third-order valence-electron chi connectivity index (χ3n) is 5.90. The lowest BCUT2D eigenvalue weighted by Gasteiger charge is -2.09. The molecule has 3 heteroatoms. The number of ether oxygens (including phenoxy) is 1. The molecule has 0 aliphatic rings. The van der Waals surface area contributed by atoms with Crippen LogP contribution >= 0.6 is 0 Å². The first kappa shape index (κ1) is 27.5. The Labute approximate surface area is 192 Å². The number of benzene rings is 1. The molecule has 3 nitrogen and oxygen atoms in total. The Morgan fingerprint density at radius 2 is 1.26 bits per heavy atom. The number of rotatable bonds is 20. The third kappa shape index (κ3) is 15.9. The predicted octanol–water partition coefficient (Wildman–Crippen LogP) is 8.32. The molecule has 0 aliphatic heterocycles. The van der Waals surface area contributed by atoms with Gasteiger partial charge in [-0.15, -0.1) is 0 Å². The van der Waals surface area contributed by atoms with Gasteiger partial charge in [0.1, 0.15) is 5.75 Å². The summed E-state index contributed by atoms with van der Waals surface area (Å²) in [6.07, 6.45) is 20.0. The number of carbonyl (C=O) groups excluding carboxylic acids is 1. The van der Waals surface area contributed by atoms with Gasteiger partial charge in [-0.2, -0.15) is 0 Å². The van der Waals surface area contributed by atoms with Gasteiger partial charge in [-0.3, -0.25) is 4.79 Å². The summed E-state index contributed by atoms with van der Waals surface area (Å²) < 4.78 is 5.71. The average molecular weight is 432 g/mol. The van der Waals surface area contributed by atoms with Crippen LogP contribution in [0.5, 0.6) is 5.75 Å². The van der Waals surface area contributed by atoms with Gasteiger partial charge in [0.2, 0.25) is 0 Å². The largest absolute Gasteiger partial charge is 0.494 e. The summed E-state index contributed by atoms with van der Waals surface area (Å²) >= 11 is 0. The van der Waals surface area contributed by atoms with E-state index in [9.17, 15) is 4.79 Å². The summed E-state index contributed by atoms with van der Waals surface area (Å²) in [4.78, 5) is 12.2. The second-order valence-corrected chi connectivity index (χ2v) is 9.41. The number of hydrogen-bond acceptors (Lipinski definition) is 2. The molecule has 1 N–H and O–H groups in total. The van der Waals surface area contributed by atoms with Crippen molar-refractivity contribution >= 4 is 5.91 Å². The highest BCUT2D eigenvalue weighted by Crippen LogP contribution is 2.14. The van der Waals surface area contributed by atoms with E-state index in [1.165, 1.54) is 83.5 Å². The number of amides is 1. The van der Waals surface area contributed by atoms with E-state index >= 15 is 0 Å². The van der Waals surface area contributed by atoms with Crippen LogP contribution in [0.2, 0.25) is 0 Å². The fourth-order valence-electron chi connectivity index (χ4n) is 3.74. The van der Waals surface area contributed by atoms with Crippen molar-refractivity contribution in [3.63, 3.8) is 0 Å². The normalized spacial score (nSPS) is 11.1. The van der Waals surface area contributed by atoms with Crippen LogP contribution < -0.4 is 10.1 Å². The summed E-state index contributed by atoms with van der Waals surface area (Å²) in [7, 11) is 0. The van der Waals surface area contributed by atoms with Crippen molar-refractivity contribution in [2.75, 3.05) is 13.2 Å². The molecule has 0 aromatic heterocycles. The van der Waals surface area contributed by atoms with Crippen LogP contribution in [0.15, 0.2) is 24.3 Å². The zero-order chi connectivity index (χ0) is 22.6. The standard InChI is InChI=1S/C28H49NO2/c1-4-5-6-7-8-9-10-11-12-13-14-15-16-17-23-29-28(30)26-18-20-27(21-19-26)31-24-22-25(2)3/h18-21,25H,4-17,22-24H2,1-3H3,(H,29,30). The topological polar surface area (TPSA) is 38.3 Å². The minimum atomic E-state index is 0.0171. The fraction of sp³-hybridized carbons (Fsp3) is 0.750. The zero-order valence-electron chi connectivity index (χ0n) is 20.7. The molecular formula is C28H49NO2. The summed E-state index contributed by atoms with van der Waals surface area (Å²) in [5.41, 5.74) is 0.710. The molecule has 1 aromatic rings. The quantitative estimate of drug-likeness (QED) is 0.211. The molecule has 31 heavy (non-hydrogen) atoms. The van der Waals surface area contributed by atoms with Crippen LogP contribution in [0.25, 0.3) is 0 Å². The Morgan fingerprint density at radius 1 is 0.774 bits per heavy atom. The summed E-state index contributed by atoms with van der Waals surface area (Å²) in [6, 6.07) is 7.49. The Morgan fingerprint density at radius 3 is 1.74 bits per heavy atom. The van der Waals surface area contributed by atoms with E-state index in [4.69, 9.17) is 4.74 Å². The SMILES string of the molecule is CCCCCCCCCCCCCCCCNC(=O)c1ccc(OCCC(C)C)cc1. The lowest BCUT2D eigenvalue weighted by molar-refractivity contribution is 0.0953. The van der Waals surface area contributed by atoms with Gasteiger partial charge >= 0.3 is 0 Å². The van der Waals surface area contributed by atoms with Gasteiger partial charge in [0.25, 0.3) is 5.91 Å². The molecule has 0 saturated carbocycles. The number of unbranched alkanes of at least 4 members (excludes halogenated alkanes) is 13. The first-order valence-corrected chi connectivity index (χ1v) is 13.1. The van der Waals surface area contributed by atoms with Crippen molar-refractivity contribution in [1.29, 1.82) is 0 Å². The lowest BCUT2D eigenvalue weighted by atomic mass is 10.0. The zero-order valence-corrected chi connectivity index (χ0v) is 20.7. The smallest absolute Gasteiger partial charge is 0.251 e. The first-order chi connectivity index (χ1) is 15.1. The van der Waals surface area contributed by atoms with Crippen molar-refractivity contribution in [2.45, 2.75) is 117 Å². The minimum absolute atomic E-state index is 0.0171. The van der Waals surface area contributed by atoms with Crippen LogP contribution in [-0.2, 0) is 0 Å². The van der Waals surface area contributed by atoms with Crippen molar-refractivity contribution in [3.05, 3.63) is 29.8 Å². The molecule has 0 atom stereocenters. The molecule has 0 saturated heterocycles. The number of hydrogen-bond donors (Lipinski definition) is 1. The minimum Gasteiger partial charge on any atom is -0.494 e. The van der Waals surface area contributed by atoms with Crippen LogP contribution in [0, 0.1) is 5.92 Å². The van der Waals surface area contributed by atoms with E-state index < -0.39 is 0 Å². The average Bonchev–Trinajstić information content (AvgIpc) is 2.76. The van der Waals surface area contributed by atoms with Gasteiger partial charge in [-0.25, -0.2) is 0 Å². The summed E-state index contributed by atoms with van der Waals surface area (Å²) in [5.74, 6) is 1.49. The molecule has 1 aromatic carbocycles. The van der Waals surface area contributed by atoms with Gasteiger partial charge in [-0.05, 0) is 43.0 Å². The van der Waals surface area contributed by atoms with E-state index in [2.05, 4.69) is 26.1 Å². The Hall–Kier alpha value is -1.51. The van der Waals surface area contributed by atoms with Crippen LogP contribution in [0.1, 0.15) is 127 Å². The van der Waals surface area contributed by atoms with Crippen molar-refractivity contribution < 1.29 is 9.53 Å². The van der Waals surface area contributed by atoms with E-state index in [1.807, 2.05) is 24.3 Å². The first-order valence-electron chi connectivity index (χ1n) is 13.1. The highest BCUT2D eigenvalue weighted by molar-refractivity contribution is 5.94. The second kappa shape index (κ2) is 19.2. The number of carbonyl (C=O) groups is 1. The molecule has 0 spiro atoms. The molecular weight excluding hydrogens is 382 g/mol.